The lowest BCUT2D eigenvalue weighted by Gasteiger charge is -2.09. The van der Waals surface area contributed by atoms with E-state index in [-0.39, 0.29) is 11.5 Å². The van der Waals surface area contributed by atoms with Gasteiger partial charge >= 0.3 is 0 Å². The van der Waals surface area contributed by atoms with Gasteiger partial charge in [-0.2, -0.15) is 0 Å². The summed E-state index contributed by atoms with van der Waals surface area (Å²) in [6.07, 6.45) is 0.416. The van der Waals surface area contributed by atoms with Crippen LogP contribution in [0.15, 0.2) is 6.07 Å². The Bertz CT molecular complexity index is 576. The van der Waals surface area contributed by atoms with E-state index < -0.39 is 15.4 Å². The van der Waals surface area contributed by atoms with Crippen molar-refractivity contribution >= 4 is 27.4 Å². The summed E-state index contributed by atoms with van der Waals surface area (Å²) < 4.78 is 23.7. The molecule has 0 aliphatic carbocycles. The molecule has 0 fully saturated rings. The zero-order chi connectivity index (χ0) is 14.8. The maximum absolute atomic E-state index is 11.9. The molecule has 2 N–H and O–H groups in total. The second-order valence-electron chi connectivity index (χ2n) is 4.64. The number of halogens is 1. The lowest BCUT2D eigenvalue weighted by atomic mass is 10.1. The SMILES string of the molecule is Cc1cc(C(=O)C(C)Cl)c(C)n1CCCS(N)(=O)=O. The summed E-state index contributed by atoms with van der Waals surface area (Å²) >= 11 is 5.81. The minimum atomic E-state index is -3.44. The molecule has 0 radical (unpaired) electrons. The molecule has 0 aliphatic rings. The number of Topliss-reactive ketones (excluding diaryl/α,β-unsaturated/α-hetero) is 1. The summed E-state index contributed by atoms with van der Waals surface area (Å²) in [5.74, 6) is -0.188. The lowest BCUT2D eigenvalue weighted by Crippen LogP contribution is -2.18. The Morgan fingerprint density at radius 1 is 1.47 bits per heavy atom. The van der Waals surface area contributed by atoms with Crippen LogP contribution in [0, 0.1) is 13.8 Å². The highest BCUT2D eigenvalue weighted by molar-refractivity contribution is 7.89. The normalized spacial score (nSPS) is 13.5. The van der Waals surface area contributed by atoms with E-state index >= 15 is 0 Å². The van der Waals surface area contributed by atoms with Crippen LogP contribution >= 0.6 is 11.6 Å². The van der Waals surface area contributed by atoms with E-state index in [2.05, 4.69) is 0 Å². The van der Waals surface area contributed by atoms with E-state index in [0.717, 1.165) is 11.4 Å². The van der Waals surface area contributed by atoms with E-state index in [0.29, 0.717) is 18.5 Å². The lowest BCUT2D eigenvalue weighted by molar-refractivity contribution is 0.0991. The molecule has 0 aliphatic heterocycles. The number of nitrogens with zero attached hydrogens (tertiary/aromatic N) is 1. The van der Waals surface area contributed by atoms with Crippen molar-refractivity contribution in [1.82, 2.24) is 4.57 Å². The number of aromatic nitrogens is 1. The number of sulfonamides is 1. The van der Waals surface area contributed by atoms with Crippen molar-refractivity contribution in [2.75, 3.05) is 5.75 Å². The first kappa shape index (κ1) is 16.2. The molecule has 1 rings (SSSR count). The van der Waals surface area contributed by atoms with Crippen LogP contribution in [-0.4, -0.2) is 29.9 Å². The predicted molar refractivity (Wildman–Crippen MR) is 76.1 cm³/mol. The monoisotopic (exact) mass is 306 g/mol. The van der Waals surface area contributed by atoms with Gasteiger partial charge in [0, 0.05) is 23.5 Å². The summed E-state index contributed by atoms with van der Waals surface area (Å²) in [7, 11) is -3.44. The molecule has 0 bridgehead atoms. The minimum absolute atomic E-state index is 0.0702. The zero-order valence-corrected chi connectivity index (χ0v) is 12.9. The molecule has 0 amide bonds. The van der Waals surface area contributed by atoms with E-state index in [1.54, 1.807) is 13.0 Å². The molecule has 0 aromatic carbocycles. The Morgan fingerprint density at radius 2 is 2.05 bits per heavy atom. The number of ketones is 1. The van der Waals surface area contributed by atoms with E-state index in [1.807, 2.05) is 18.4 Å². The molecule has 0 saturated carbocycles. The quantitative estimate of drug-likeness (QED) is 0.640. The van der Waals surface area contributed by atoms with Crippen LogP contribution in [0.1, 0.15) is 35.1 Å². The predicted octanol–water partition coefficient (Wildman–Crippen LogP) is 1.59. The number of primary sulfonamides is 1. The highest BCUT2D eigenvalue weighted by Crippen LogP contribution is 2.19. The summed E-state index contributed by atoms with van der Waals surface area (Å²) in [4.78, 5) is 11.9. The number of hydrogen-bond acceptors (Lipinski definition) is 3. The smallest absolute Gasteiger partial charge is 0.209 e. The van der Waals surface area contributed by atoms with Gasteiger partial charge < -0.3 is 4.57 Å². The van der Waals surface area contributed by atoms with E-state index in [4.69, 9.17) is 16.7 Å². The van der Waals surface area contributed by atoms with Crippen molar-refractivity contribution in [2.45, 2.75) is 39.1 Å². The molecule has 19 heavy (non-hydrogen) atoms. The van der Waals surface area contributed by atoms with Gasteiger partial charge in [-0.1, -0.05) is 0 Å². The highest BCUT2D eigenvalue weighted by atomic mass is 35.5. The van der Waals surface area contributed by atoms with E-state index in [9.17, 15) is 13.2 Å². The topological polar surface area (TPSA) is 82.2 Å². The van der Waals surface area contributed by atoms with Crippen LogP contribution in [0.4, 0.5) is 0 Å². The van der Waals surface area contributed by atoms with Gasteiger partial charge in [0.1, 0.15) is 0 Å². The number of carbonyl (C=O) groups is 1. The average Bonchev–Trinajstić information content (AvgIpc) is 2.53. The number of carbonyl (C=O) groups excluding carboxylic acids is 1. The van der Waals surface area contributed by atoms with Crippen molar-refractivity contribution in [3.05, 3.63) is 23.0 Å². The maximum Gasteiger partial charge on any atom is 0.209 e. The van der Waals surface area contributed by atoms with Gasteiger partial charge in [-0.25, -0.2) is 13.6 Å². The summed E-state index contributed by atoms with van der Waals surface area (Å²) in [5, 5.41) is 4.39. The third-order valence-corrected chi connectivity index (χ3v) is 4.07. The molecule has 1 atom stereocenters. The van der Waals surface area contributed by atoms with Crippen LogP contribution in [0.2, 0.25) is 0 Å². The van der Waals surface area contributed by atoms with Crippen LogP contribution < -0.4 is 5.14 Å². The minimum Gasteiger partial charge on any atom is -0.348 e. The number of nitrogens with two attached hydrogens (primary N) is 1. The molecule has 7 heteroatoms. The highest BCUT2D eigenvalue weighted by Gasteiger charge is 2.19. The zero-order valence-electron chi connectivity index (χ0n) is 11.3. The summed E-state index contributed by atoms with van der Waals surface area (Å²) in [6.45, 7) is 5.85. The fraction of sp³-hybridized carbons (Fsp3) is 0.583. The van der Waals surface area contributed by atoms with Gasteiger partial charge in [-0.15, -0.1) is 11.6 Å². The van der Waals surface area contributed by atoms with Crippen molar-refractivity contribution in [3.8, 4) is 0 Å². The molecule has 1 unspecified atom stereocenters. The Kier molecular flexibility index (Phi) is 5.18. The van der Waals surface area contributed by atoms with Gasteiger partial charge in [-0.3, -0.25) is 4.79 Å². The molecular formula is C12H19ClN2O3S. The number of alkyl halides is 1. The van der Waals surface area contributed by atoms with Gasteiger partial charge in [0.05, 0.1) is 11.1 Å². The third-order valence-electron chi connectivity index (χ3n) is 3.01. The molecule has 1 heterocycles. The first-order valence-corrected chi connectivity index (χ1v) is 8.14. The van der Waals surface area contributed by atoms with Gasteiger partial charge in [-0.05, 0) is 33.3 Å². The van der Waals surface area contributed by atoms with Gasteiger partial charge in [0.25, 0.3) is 0 Å². The second-order valence-corrected chi connectivity index (χ2v) is 7.03. The molecule has 0 saturated heterocycles. The van der Waals surface area contributed by atoms with E-state index in [1.165, 1.54) is 0 Å². The Labute approximate surface area is 118 Å². The average molecular weight is 307 g/mol. The fourth-order valence-electron chi connectivity index (χ4n) is 2.03. The number of hydrogen-bond donors (Lipinski definition) is 1. The Morgan fingerprint density at radius 3 is 2.53 bits per heavy atom. The number of rotatable bonds is 6. The number of aryl methyl sites for hydroxylation is 1. The van der Waals surface area contributed by atoms with Crippen LogP contribution in [0.5, 0.6) is 0 Å². The standard InChI is InChI=1S/C12H19ClN2O3S/c1-8-7-11(12(16)9(2)13)10(3)15(8)5-4-6-19(14,17)18/h7,9H,4-6H2,1-3H3,(H2,14,17,18). The Balaban J connectivity index is 2.89. The molecule has 5 nitrogen and oxygen atoms in total. The molecule has 1 aromatic heterocycles. The largest absolute Gasteiger partial charge is 0.348 e. The van der Waals surface area contributed by atoms with Crippen LogP contribution in [-0.2, 0) is 16.6 Å². The van der Waals surface area contributed by atoms with Gasteiger partial charge in [0.2, 0.25) is 10.0 Å². The molecule has 108 valence electrons. The fourth-order valence-corrected chi connectivity index (χ4v) is 2.68. The summed E-state index contributed by atoms with van der Waals surface area (Å²) in [5.41, 5.74) is 2.31. The van der Waals surface area contributed by atoms with Crippen LogP contribution in [0.25, 0.3) is 0 Å². The second kappa shape index (κ2) is 6.07. The Hall–Kier alpha value is -0.850. The summed E-state index contributed by atoms with van der Waals surface area (Å²) in [6, 6.07) is 1.79. The first-order chi connectivity index (χ1) is 8.63. The third kappa shape index (κ3) is 4.33. The molecule has 0 spiro atoms. The first-order valence-electron chi connectivity index (χ1n) is 5.99. The van der Waals surface area contributed by atoms with Crippen LogP contribution in [0.3, 0.4) is 0 Å². The van der Waals surface area contributed by atoms with Crippen molar-refractivity contribution in [1.29, 1.82) is 0 Å². The maximum atomic E-state index is 11.9. The van der Waals surface area contributed by atoms with Crippen molar-refractivity contribution < 1.29 is 13.2 Å². The van der Waals surface area contributed by atoms with Gasteiger partial charge in [0.15, 0.2) is 5.78 Å². The van der Waals surface area contributed by atoms with Crippen molar-refractivity contribution in [2.24, 2.45) is 5.14 Å². The molecular weight excluding hydrogens is 288 g/mol. The van der Waals surface area contributed by atoms with Crippen molar-refractivity contribution in [3.63, 3.8) is 0 Å². The molecule has 1 aromatic rings.